The summed E-state index contributed by atoms with van der Waals surface area (Å²) in [5.74, 6) is -4.63. The number of likely N-dealkylation sites (tertiary alicyclic amines) is 1. The molecule has 3 nitrogen and oxygen atoms in total. The summed E-state index contributed by atoms with van der Waals surface area (Å²) in [6.45, 7) is 1.03. The molecule has 2 aromatic rings. The van der Waals surface area contributed by atoms with Crippen molar-refractivity contribution in [2.24, 2.45) is 0 Å². The first-order valence-electron chi connectivity index (χ1n) is 7.37. The lowest BCUT2D eigenvalue weighted by Gasteiger charge is -2.20. The Kier molecular flexibility index (Phi) is 4.68. The minimum Gasteiger partial charge on any atom is -0.320 e. The monoisotopic (exact) mass is 341 g/mol. The topological polar surface area (TPSA) is 33.5 Å². The molecule has 2 atom stereocenters. The lowest BCUT2D eigenvalue weighted by atomic mass is 10.2. The van der Waals surface area contributed by atoms with Gasteiger partial charge in [-0.25, -0.2) is 13.2 Å². The average Bonchev–Trinajstić information content (AvgIpc) is 3.18. The fourth-order valence-electron chi connectivity index (χ4n) is 2.98. The molecule has 2 N–H and O–H groups in total. The van der Waals surface area contributed by atoms with Gasteiger partial charge in [-0.2, -0.15) is 0 Å². The minimum atomic E-state index is -1.58. The van der Waals surface area contributed by atoms with Crippen LogP contribution in [0.4, 0.5) is 18.9 Å². The number of hydrogen-bond acceptors (Lipinski definition) is 2. The number of carbonyl (C=O) groups is 1. The van der Waals surface area contributed by atoms with Crippen LogP contribution in [0.1, 0.15) is 23.8 Å². The molecule has 0 spiro atoms. The zero-order valence-corrected chi connectivity index (χ0v) is 13.1. The van der Waals surface area contributed by atoms with E-state index in [4.69, 9.17) is 0 Å². The molecular formula is C16H16F3N2OS+. The van der Waals surface area contributed by atoms with Crippen molar-refractivity contribution < 1.29 is 22.9 Å². The number of carbonyl (C=O) groups excluding carboxylic acids is 1. The van der Waals surface area contributed by atoms with Gasteiger partial charge < -0.3 is 10.2 Å². The summed E-state index contributed by atoms with van der Waals surface area (Å²) < 4.78 is 39.7. The molecule has 0 radical (unpaired) electrons. The van der Waals surface area contributed by atoms with Crippen molar-refractivity contribution in [3.63, 3.8) is 0 Å². The molecule has 1 unspecified atom stereocenters. The molecule has 3 rings (SSSR count). The highest BCUT2D eigenvalue weighted by Gasteiger charge is 2.32. The molecule has 122 valence electrons. The number of benzene rings is 1. The van der Waals surface area contributed by atoms with Gasteiger partial charge in [0.25, 0.3) is 5.91 Å². The van der Waals surface area contributed by atoms with E-state index in [9.17, 15) is 18.0 Å². The van der Waals surface area contributed by atoms with E-state index in [0.29, 0.717) is 0 Å². The quantitative estimate of drug-likeness (QED) is 0.824. The van der Waals surface area contributed by atoms with Gasteiger partial charge in [0.1, 0.15) is 6.04 Å². The molecule has 0 saturated carbocycles. The number of amides is 1. The second kappa shape index (κ2) is 6.72. The predicted molar refractivity (Wildman–Crippen MR) is 81.9 cm³/mol. The molecule has 1 aliphatic rings. The largest absolute Gasteiger partial charge is 0.320 e. The Hall–Kier alpha value is -1.86. The van der Waals surface area contributed by atoms with Crippen molar-refractivity contribution in [1.82, 2.24) is 0 Å². The summed E-state index contributed by atoms with van der Waals surface area (Å²) in [5, 5.41) is 4.33. The Morgan fingerprint density at radius 1 is 1.26 bits per heavy atom. The van der Waals surface area contributed by atoms with E-state index in [1.165, 1.54) is 4.88 Å². The van der Waals surface area contributed by atoms with Crippen LogP contribution in [0.15, 0.2) is 29.6 Å². The van der Waals surface area contributed by atoms with Crippen molar-refractivity contribution in [3.05, 3.63) is 52.0 Å². The van der Waals surface area contributed by atoms with Crippen LogP contribution in [0.25, 0.3) is 0 Å². The predicted octanol–water partition coefficient (Wildman–Crippen LogP) is 2.52. The molecule has 0 aliphatic carbocycles. The van der Waals surface area contributed by atoms with Crippen LogP contribution >= 0.6 is 11.3 Å². The SMILES string of the molecule is O=C(C[NH+]1CCC[C@H]1c1cccs1)Nc1ccc(F)c(F)c1F. The Morgan fingerprint density at radius 2 is 2.09 bits per heavy atom. The lowest BCUT2D eigenvalue weighted by Crippen LogP contribution is -3.11. The van der Waals surface area contributed by atoms with Crippen molar-refractivity contribution in [2.45, 2.75) is 18.9 Å². The standard InChI is InChI=1S/C16H15F3N2OS/c17-10-5-6-11(16(19)15(10)18)20-14(22)9-21-7-1-3-12(21)13-4-2-8-23-13/h2,4-6,8,12H,1,3,7,9H2,(H,20,22)/p+1/t12-/m0/s1. The molecule has 1 amide bonds. The van der Waals surface area contributed by atoms with Gasteiger partial charge >= 0.3 is 0 Å². The fourth-order valence-corrected chi connectivity index (χ4v) is 3.90. The molecular weight excluding hydrogens is 325 g/mol. The molecule has 1 fully saturated rings. The summed E-state index contributed by atoms with van der Waals surface area (Å²) in [5.41, 5.74) is -0.333. The van der Waals surface area contributed by atoms with E-state index in [2.05, 4.69) is 5.32 Å². The number of rotatable bonds is 4. The number of anilines is 1. The van der Waals surface area contributed by atoms with Gasteiger partial charge in [-0.15, -0.1) is 11.3 Å². The van der Waals surface area contributed by atoms with Crippen molar-refractivity contribution in [1.29, 1.82) is 0 Å². The number of hydrogen-bond donors (Lipinski definition) is 2. The van der Waals surface area contributed by atoms with Gasteiger partial charge in [0.05, 0.1) is 17.1 Å². The molecule has 0 bridgehead atoms. The van der Waals surface area contributed by atoms with E-state index in [1.807, 2.05) is 17.5 Å². The van der Waals surface area contributed by atoms with Gasteiger partial charge in [-0.1, -0.05) is 6.07 Å². The van der Waals surface area contributed by atoms with Gasteiger partial charge in [0, 0.05) is 12.8 Å². The lowest BCUT2D eigenvalue weighted by molar-refractivity contribution is -0.910. The van der Waals surface area contributed by atoms with Crippen LogP contribution in [0.3, 0.4) is 0 Å². The van der Waals surface area contributed by atoms with Crippen molar-refractivity contribution >= 4 is 22.9 Å². The number of halogens is 3. The number of thiophene rings is 1. The molecule has 7 heteroatoms. The van der Waals surface area contributed by atoms with Crippen LogP contribution in [0, 0.1) is 17.5 Å². The third-order valence-corrected chi connectivity index (χ3v) is 5.05. The van der Waals surface area contributed by atoms with E-state index in [0.717, 1.165) is 36.4 Å². The smallest absolute Gasteiger partial charge is 0.279 e. The van der Waals surface area contributed by atoms with E-state index in [1.54, 1.807) is 11.3 Å². The first-order valence-corrected chi connectivity index (χ1v) is 8.25. The first-order chi connectivity index (χ1) is 11.1. The van der Waals surface area contributed by atoms with Crippen LogP contribution < -0.4 is 10.2 Å². The highest BCUT2D eigenvalue weighted by Crippen LogP contribution is 2.23. The normalized spacial score (nSPS) is 20.7. The fraction of sp³-hybridized carbons (Fsp3) is 0.312. The van der Waals surface area contributed by atoms with Crippen LogP contribution in [0.2, 0.25) is 0 Å². The second-order valence-corrected chi connectivity index (χ2v) is 6.55. The van der Waals surface area contributed by atoms with Crippen LogP contribution in [-0.4, -0.2) is 19.0 Å². The maximum Gasteiger partial charge on any atom is 0.279 e. The summed E-state index contributed by atoms with van der Waals surface area (Å²) >= 11 is 1.66. The summed E-state index contributed by atoms with van der Waals surface area (Å²) in [7, 11) is 0. The van der Waals surface area contributed by atoms with Gasteiger partial charge in [-0.05, 0) is 23.6 Å². The van der Waals surface area contributed by atoms with E-state index >= 15 is 0 Å². The number of nitrogens with one attached hydrogen (secondary N) is 2. The first kappa shape index (κ1) is 16.0. The number of quaternary nitrogens is 1. The zero-order chi connectivity index (χ0) is 16.4. The average molecular weight is 341 g/mol. The molecule has 1 saturated heterocycles. The summed E-state index contributed by atoms with van der Waals surface area (Å²) in [6, 6.07) is 6.11. The Morgan fingerprint density at radius 3 is 2.83 bits per heavy atom. The third kappa shape index (κ3) is 3.40. The highest BCUT2D eigenvalue weighted by atomic mass is 32.1. The van der Waals surface area contributed by atoms with Crippen molar-refractivity contribution in [2.75, 3.05) is 18.4 Å². The van der Waals surface area contributed by atoms with Crippen molar-refractivity contribution in [3.8, 4) is 0 Å². The summed E-state index contributed by atoms with van der Waals surface area (Å²) in [4.78, 5) is 14.5. The van der Waals surface area contributed by atoms with Gasteiger partial charge in [-0.3, -0.25) is 4.79 Å². The van der Waals surface area contributed by atoms with Crippen LogP contribution in [0.5, 0.6) is 0 Å². The minimum absolute atomic E-state index is 0.168. The molecule has 1 aromatic heterocycles. The Labute approximate surface area is 135 Å². The highest BCUT2D eigenvalue weighted by molar-refractivity contribution is 7.10. The molecule has 23 heavy (non-hydrogen) atoms. The van der Waals surface area contributed by atoms with Gasteiger partial charge in [0.2, 0.25) is 0 Å². The van der Waals surface area contributed by atoms with Crippen LogP contribution in [-0.2, 0) is 4.79 Å². The second-order valence-electron chi connectivity index (χ2n) is 5.57. The van der Waals surface area contributed by atoms with E-state index < -0.39 is 23.4 Å². The maximum absolute atomic E-state index is 13.6. The maximum atomic E-state index is 13.6. The Bertz CT molecular complexity index is 706. The molecule has 1 aromatic carbocycles. The molecule has 1 aliphatic heterocycles. The third-order valence-electron chi connectivity index (χ3n) is 4.07. The Balaban J connectivity index is 1.67. The summed E-state index contributed by atoms with van der Waals surface area (Å²) in [6.07, 6.45) is 2.02. The van der Waals surface area contributed by atoms with Gasteiger partial charge in [0.15, 0.2) is 24.0 Å². The van der Waals surface area contributed by atoms with E-state index in [-0.39, 0.29) is 18.3 Å². The zero-order valence-electron chi connectivity index (χ0n) is 12.2. The molecule has 2 heterocycles.